The lowest BCUT2D eigenvalue weighted by Crippen LogP contribution is -2.11. The summed E-state index contributed by atoms with van der Waals surface area (Å²) < 4.78 is 0. The largest absolute Gasteiger partial charge is 0.338 e. The number of aromatic amines is 1. The standard InChI is InChI=1S/C14H15N3O/c1-9-5-2-3-6-10(9)15-14-13-11(16-17-14)7-4-8-12(13)18/h2-3,5-6H,4,7-8H2,1H3,(H2,15,16,17). The van der Waals surface area contributed by atoms with Gasteiger partial charge in [0, 0.05) is 17.8 Å². The summed E-state index contributed by atoms with van der Waals surface area (Å²) in [5.41, 5.74) is 3.83. The SMILES string of the molecule is Cc1ccccc1Nc1n[nH]c2c1C(=O)CCC2. The van der Waals surface area contributed by atoms with E-state index >= 15 is 0 Å². The number of ketones is 1. The highest BCUT2D eigenvalue weighted by molar-refractivity contribution is 6.03. The maximum atomic E-state index is 11.9. The molecule has 2 aromatic rings. The molecule has 1 aromatic carbocycles. The highest BCUT2D eigenvalue weighted by atomic mass is 16.1. The van der Waals surface area contributed by atoms with E-state index in [2.05, 4.69) is 15.5 Å². The van der Waals surface area contributed by atoms with Gasteiger partial charge in [0.1, 0.15) is 0 Å². The van der Waals surface area contributed by atoms with Crippen molar-refractivity contribution in [2.45, 2.75) is 26.2 Å². The van der Waals surface area contributed by atoms with Gasteiger partial charge in [0.15, 0.2) is 11.6 Å². The third-order valence-electron chi connectivity index (χ3n) is 3.35. The number of carbonyl (C=O) groups excluding carboxylic acids is 1. The van der Waals surface area contributed by atoms with Crippen molar-refractivity contribution >= 4 is 17.3 Å². The number of aryl methyl sites for hydroxylation is 2. The summed E-state index contributed by atoms with van der Waals surface area (Å²) in [4.78, 5) is 11.9. The minimum atomic E-state index is 0.182. The third kappa shape index (κ3) is 1.79. The zero-order valence-electron chi connectivity index (χ0n) is 10.3. The van der Waals surface area contributed by atoms with Crippen molar-refractivity contribution in [2.24, 2.45) is 0 Å². The Bertz CT molecular complexity index is 601. The molecule has 0 spiro atoms. The lowest BCUT2D eigenvalue weighted by Gasteiger charge is -2.12. The van der Waals surface area contributed by atoms with Crippen molar-refractivity contribution in [1.29, 1.82) is 0 Å². The van der Waals surface area contributed by atoms with Crippen LogP contribution >= 0.6 is 0 Å². The van der Waals surface area contributed by atoms with Crippen molar-refractivity contribution in [3.05, 3.63) is 41.1 Å². The molecule has 4 heteroatoms. The van der Waals surface area contributed by atoms with E-state index in [0.717, 1.165) is 35.3 Å². The van der Waals surface area contributed by atoms with Gasteiger partial charge in [0.05, 0.1) is 5.56 Å². The molecular formula is C14H15N3O. The van der Waals surface area contributed by atoms with Crippen molar-refractivity contribution in [3.8, 4) is 0 Å². The fraction of sp³-hybridized carbons (Fsp3) is 0.286. The smallest absolute Gasteiger partial charge is 0.168 e. The predicted molar refractivity (Wildman–Crippen MR) is 70.3 cm³/mol. The summed E-state index contributed by atoms with van der Waals surface area (Å²) in [5.74, 6) is 0.838. The molecule has 1 aromatic heterocycles. The van der Waals surface area contributed by atoms with Crippen LogP contribution in [0.5, 0.6) is 0 Å². The van der Waals surface area contributed by atoms with Gasteiger partial charge in [-0.1, -0.05) is 18.2 Å². The topological polar surface area (TPSA) is 57.8 Å². The third-order valence-corrected chi connectivity index (χ3v) is 3.35. The van der Waals surface area contributed by atoms with Gasteiger partial charge in [0.25, 0.3) is 0 Å². The number of nitrogens with one attached hydrogen (secondary N) is 2. The predicted octanol–water partition coefficient (Wildman–Crippen LogP) is 2.98. The molecule has 0 unspecified atom stereocenters. The molecule has 1 aliphatic carbocycles. The van der Waals surface area contributed by atoms with Gasteiger partial charge in [-0.2, -0.15) is 5.10 Å². The number of H-pyrrole nitrogens is 1. The summed E-state index contributed by atoms with van der Waals surface area (Å²) >= 11 is 0. The van der Waals surface area contributed by atoms with Crippen LogP contribution < -0.4 is 5.32 Å². The number of benzene rings is 1. The minimum absolute atomic E-state index is 0.182. The maximum Gasteiger partial charge on any atom is 0.168 e. The Morgan fingerprint density at radius 2 is 2.11 bits per heavy atom. The van der Waals surface area contributed by atoms with Gasteiger partial charge in [0.2, 0.25) is 0 Å². The van der Waals surface area contributed by atoms with Crippen LogP contribution in [0.3, 0.4) is 0 Å². The second-order valence-corrected chi connectivity index (χ2v) is 4.64. The zero-order chi connectivity index (χ0) is 12.5. The molecule has 1 heterocycles. The molecule has 0 radical (unpaired) electrons. The van der Waals surface area contributed by atoms with Crippen LogP contribution in [0.4, 0.5) is 11.5 Å². The molecular weight excluding hydrogens is 226 g/mol. The molecule has 2 N–H and O–H groups in total. The minimum Gasteiger partial charge on any atom is -0.338 e. The molecule has 0 saturated carbocycles. The number of fused-ring (bicyclic) bond motifs is 1. The van der Waals surface area contributed by atoms with Gasteiger partial charge in [-0.05, 0) is 31.4 Å². The quantitative estimate of drug-likeness (QED) is 0.849. The van der Waals surface area contributed by atoms with Gasteiger partial charge in [-0.3, -0.25) is 9.89 Å². The van der Waals surface area contributed by atoms with Crippen LogP contribution in [-0.4, -0.2) is 16.0 Å². The van der Waals surface area contributed by atoms with Crippen LogP contribution in [-0.2, 0) is 6.42 Å². The molecule has 1 aliphatic rings. The number of hydrogen-bond acceptors (Lipinski definition) is 3. The zero-order valence-corrected chi connectivity index (χ0v) is 10.3. The molecule has 92 valence electrons. The molecule has 0 bridgehead atoms. The summed E-state index contributed by atoms with van der Waals surface area (Å²) in [6.45, 7) is 2.03. The van der Waals surface area contributed by atoms with Crippen molar-refractivity contribution in [2.75, 3.05) is 5.32 Å². The summed E-state index contributed by atoms with van der Waals surface area (Å²) in [7, 11) is 0. The van der Waals surface area contributed by atoms with Crippen LogP contribution in [0.2, 0.25) is 0 Å². The average molecular weight is 241 g/mol. The summed E-state index contributed by atoms with van der Waals surface area (Å²) in [6, 6.07) is 7.98. The van der Waals surface area contributed by atoms with Crippen molar-refractivity contribution in [3.63, 3.8) is 0 Å². The van der Waals surface area contributed by atoms with E-state index in [0.29, 0.717) is 12.2 Å². The van der Waals surface area contributed by atoms with Crippen LogP contribution in [0.15, 0.2) is 24.3 Å². The molecule has 0 aliphatic heterocycles. The fourth-order valence-electron chi connectivity index (χ4n) is 2.34. The fourth-order valence-corrected chi connectivity index (χ4v) is 2.34. The maximum absolute atomic E-state index is 11.9. The number of Topliss-reactive ketones (excluding diaryl/α,β-unsaturated/α-hetero) is 1. The lowest BCUT2D eigenvalue weighted by atomic mass is 9.96. The van der Waals surface area contributed by atoms with Crippen molar-refractivity contribution < 1.29 is 4.79 Å². The molecule has 0 atom stereocenters. The Labute approximate surface area is 105 Å². The number of hydrogen-bond donors (Lipinski definition) is 2. The molecule has 3 rings (SSSR count). The van der Waals surface area contributed by atoms with Crippen LogP contribution in [0, 0.1) is 6.92 Å². The molecule has 4 nitrogen and oxygen atoms in total. The van der Waals surface area contributed by atoms with Crippen LogP contribution in [0.1, 0.15) is 34.5 Å². The lowest BCUT2D eigenvalue weighted by molar-refractivity contribution is 0.0973. The number of nitrogens with zero attached hydrogens (tertiary/aromatic N) is 1. The molecule has 0 fully saturated rings. The number of anilines is 2. The second kappa shape index (κ2) is 4.29. The number of para-hydroxylation sites is 1. The van der Waals surface area contributed by atoms with Gasteiger partial charge < -0.3 is 5.32 Å². The Morgan fingerprint density at radius 3 is 2.94 bits per heavy atom. The number of carbonyl (C=O) groups is 1. The van der Waals surface area contributed by atoms with E-state index < -0.39 is 0 Å². The summed E-state index contributed by atoms with van der Waals surface area (Å²) in [6.07, 6.45) is 2.44. The Morgan fingerprint density at radius 1 is 1.28 bits per heavy atom. The number of rotatable bonds is 2. The summed E-state index contributed by atoms with van der Waals surface area (Å²) in [5, 5.41) is 10.4. The van der Waals surface area contributed by atoms with E-state index in [1.807, 2.05) is 31.2 Å². The normalized spacial score (nSPS) is 14.4. The van der Waals surface area contributed by atoms with E-state index in [1.165, 1.54) is 0 Å². The first-order chi connectivity index (χ1) is 8.75. The highest BCUT2D eigenvalue weighted by Gasteiger charge is 2.24. The Balaban J connectivity index is 1.97. The molecule has 0 saturated heterocycles. The first-order valence-corrected chi connectivity index (χ1v) is 6.19. The number of aromatic nitrogens is 2. The molecule has 0 amide bonds. The van der Waals surface area contributed by atoms with E-state index in [9.17, 15) is 4.79 Å². The van der Waals surface area contributed by atoms with Gasteiger partial charge >= 0.3 is 0 Å². The Kier molecular flexibility index (Phi) is 2.63. The van der Waals surface area contributed by atoms with Crippen LogP contribution in [0.25, 0.3) is 0 Å². The first kappa shape index (κ1) is 11.0. The second-order valence-electron chi connectivity index (χ2n) is 4.64. The Hall–Kier alpha value is -2.10. The van der Waals surface area contributed by atoms with Crippen molar-refractivity contribution in [1.82, 2.24) is 10.2 Å². The molecule has 18 heavy (non-hydrogen) atoms. The van der Waals surface area contributed by atoms with E-state index in [-0.39, 0.29) is 5.78 Å². The van der Waals surface area contributed by atoms with Gasteiger partial charge in [-0.15, -0.1) is 0 Å². The monoisotopic (exact) mass is 241 g/mol. The highest BCUT2D eigenvalue weighted by Crippen LogP contribution is 2.28. The average Bonchev–Trinajstić information content (AvgIpc) is 2.77. The van der Waals surface area contributed by atoms with E-state index in [4.69, 9.17) is 0 Å². The first-order valence-electron chi connectivity index (χ1n) is 6.19. The van der Waals surface area contributed by atoms with E-state index in [1.54, 1.807) is 0 Å². The van der Waals surface area contributed by atoms with Gasteiger partial charge in [-0.25, -0.2) is 0 Å².